The van der Waals surface area contributed by atoms with Crippen molar-refractivity contribution in [2.45, 2.75) is 32.9 Å². The summed E-state index contributed by atoms with van der Waals surface area (Å²) in [4.78, 5) is 24.1. The van der Waals surface area contributed by atoms with Crippen LogP contribution in [0, 0.1) is 0 Å². The van der Waals surface area contributed by atoms with Gasteiger partial charge in [0.2, 0.25) is 0 Å². The topological polar surface area (TPSA) is 76.7 Å². The number of hydrogen-bond donors (Lipinski definition) is 2. The SMILES string of the molecule is CCOc1cc2c(cc1CNC(=O)C(=O)Nc1ccccc1)O[C@@H](C)C2. The molecule has 2 amide bonds. The maximum Gasteiger partial charge on any atom is 0.313 e. The van der Waals surface area contributed by atoms with Crippen LogP contribution in [0.15, 0.2) is 42.5 Å². The fraction of sp³-hybridized carbons (Fsp3) is 0.300. The average Bonchev–Trinajstić information content (AvgIpc) is 2.99. The van der Waals surface area contributed by atoms with Crippen molar-refractivity contribution in [3.05, 3.63) is 53.6 Å². The van der Waals surface area contributed by atoms with Gasteiger partial charge < -0.3 is 20.1 Å². The van der Waals surface area contributed by atoms with Gasteiger partial charge in [0.05, 0.1) is 6.61 Å². The van der Waals surface area contributed by atoms with Crippen molar-refractivity contribution in [1.82, 2.24) is 5.32 Å². The van der Waals surface area contributed by atoms with E-state index in [1.807, 2.05) is 32.0 Å². The molecule has 3 rings (SSSR count). The Labute approximate surface area is 152 Å². The number of hydrogen-bond acceptors (Lipinski definition) is 4. The van der Waals surface area contributed by atoms with E-state index >= 15 is 0 Å². The summed E-state index contributed by atoms with van der Waals surface area (Å²) in [5.74, 6) is 0.0953. The van der Waals surface area contributed by atoms with Crippen molar-refractivity contribution in [3.8, 4) is 11.5 Å². The molecule has 0 aromatic heterocycles. The second-order valence-corrected chi connectivity index (χ2v) is 6.14. The molecule has 0 radical (unpaired) electrons. The molecule has 0 bridgehead atoms. The Morgan fingerprint density at radius 1 is 1.19 bits per heavy atom. The Bertz CT molecular complexity index is 805. The zero-order chi connectivity index (χ0) is 18.5. The first-order chi connectivity index (χ1) is 12.6. The van der Waals surface area contributed by atoms with Gasteiger partial charge in [-0.15, -0.1) is 0 Å². The molecule has 6 heteroatoms. The Morgan fingerprint density at radius 2 is 1.96 bits per heavy atom. The Hall–Kier alpha value is -3.02. The third-order valence-corrected chi connectivity index (χ3v) is 4.06. The second-order valence-electron chi connectivity index (χ2n) is 6.14. The van der Waals surface area contributed by atoms with Gasteiger partial charge in [0.25, 0.3) is 0 Å². The first-order valence-corrected chi connectivity index (χ1v) is 8.66. The van der Waals surface area contributed by atoms with Crippen LogP contribution in [-0.2, 0) is 22.6 Å². The summed E-state index contributed by atoms with van der Waals surface area (Å²) >= 11 is 0. The highest BCUT2D eigenvalue weighted by Gasteiger charge is 2.22. The molecule has 1 heterocycles. The minimum absolute atomic E-state index is 0.126. The largest absolute Gasteiger partial charge is 0.494 e. The summed E-state index contributed by atoms with van der Waals surface area (Å²) in [5, 5.41) is 5.19. The smallest absolute Gasteiger partial charge is 0.313 e. The van der Waals surface area contributed by atoms with Crippen LogP contribution in [-0.4, -0.2) is 24.5 Å². The van der Waals surface area contributed by atoms with Gasteiger partial charge in [-0.2, -0.15) is 0 Å². The normalized spacial score (nSPS) is 14.9. The summed E-state index contributed by atoms with van der Waals surface area (Å²) in [6.07, 6.45) is 0.961. The number of anilines is 1. The minimum Gasteiger partial charge on any atom is -0.494 e. The highest BCUT2D eigenvalue weighted by Crippen LogP contribution is 2.35. The van der Waals surface area contributed by atoms with Gasteiger partial charge >= 0.3 is 11.8 Å². The third-order valence-electron chi connectivity index (χ3n) is 4.06. The van der Waals surface area contributed by atoms with E-state index < -0.39 is 11.8 Å². The Balaban J connectivity index is 1.66. The maximum atomic E-state index is 12.1. The molecule has 1 aliphatic heterocycles. The lowest BCUT2D eigenvalue weighted by molar-refractivity contribution is -0.136. The molecular weight excluding hydrogens is 332 g/mol. The van der Waals surface area contributed by atoms with E-state index in [-0.39, 0.29) is 12.6 Å². The van der Waals surface area contributed by atoms with Crippen molar-refractivity contribution in [1.29, 1.82) is 0 Å². The van der Waals surface area contributed by atoms with Crippen LogP contribution >= 0.6 is 0 Å². The molecule has 2 aromatic rings. The number of amides is 2. The summed E-state index contributed by atoms with van der Waals surface area (Å²) in [6, 6.07) is 12.7. The van der Waals surface area contributed by atoms with Crippen molar-refractivity contribution in [3.63, 3.8) is 0 Å². The van der Waals surface area contributed by atoms with Crippen molar-refractivity contribution < 1.29 is 19.1 Å². The standard InChI is InChI=1S/C20H22N2O4/c1-3-25-17-10-14-9-13(2)26-18(14)11-15(17)12-21-19(23)20(24)22-16-7-5-4-6-8-16/h4-8,10-11,13H,3,9,12H2,1-2H3,(H,21,23)(H,22,24)/t13-/m0/s1. The van der Waals surface area contributed by atoms with Crippen molar-refractivity contribution in [2.75, 3.05) is 11.9 Å². The molecule has 1 atom stereocenters. The molecule has 0 spiro atoms. The first kappa shape index (κ1) is 17.8. The van der Waals surface area contributed by atoms with Gasteiger partial charge in [-0.05, 0) is 38.1 Å². The van der Waals surface area contributed by atoms with Gasteiger partial charge in [0.1, 0.15) is 17.6 Å². The average molecular weight is 354 g/mol. The van der Waals surface area contributed by atoms with E-state index in [1.54, 1.807) is 24.3 Å². The van der Waals surface area contributed by atoms with Crippen LogP contribution < -0.4 is 20.1 Å². The molecule has 0 saturated carbocycles. The molecule has 0 aliphatic carbocycles. The van der Waals surface area contributed by atoms with E-state index in [2.05, 4.69) is 10.6 Å². The van der Waals surface area contributed by atoms with Crippen LogP contribution in [0.1, 0.15) is 25.0 Å². The zero-order valence-electron chi connectivity index (χ0n) is 14.9. The summed E-state index contributed by atoms with van der Waals surface area (Å²) in [5.41, 5.74) is 2.45. The van der Waals surface area contributed by atoms with Gasteiger partial charge in [-0.1, -0.05) is 18.2 Å². The molecule has 26 heavy (non-hydrogen) atoms. The zero-order valence-corrected chi connectivity index (χ0v) is 14.9. The van der Waals surface area contributed by atoms with E-state index in [1.165, 1.54) is 0 Å². The number of carbonyl (C=O) groups excluding carboxylic acids is 2. The third kappa shape index (κ3) is 4.14. The van der Waals surface area contributed by atoms with Crippen molar-refractivity contribution in [2.24, 2.45) is 0 Å². The van der Waals surface area contributed by atoms with Crippen LogP contribution in [0.4, 0.5) is 5.69 Å². The molecule has 0 unspecified atom stereocenters. The van der Waals surface area contributed by atoms with E-state index in [0.717, 1.165) is 23.3 Å². The fourth-order valence-electron chi connectivity index (χ4n) is 2.87. The number of ether oxygens (including phenoxy) is 2. The number of fused-ring (bicyclic) bond motifs is 1. The Morgan fingerprint density at radius 3 is 2.69 bits per heavy atom. The number of benzene rings is 2. The monoisotopic (exact) mass is 354 g/mol. The molecular formula is C20H22N2O4. The molecule has 2 N–H and O–H groups in total. The van der Waals surface area contributed by atoms with E-state index in [0.29, 0.717) is 18.0 Å². The highest BCUT2D eigenvalue weighted by atomic mass is 16.5. The predicted octanol–water partition coefficient (Wildman–Crippen LogP) is 2.66. The molecule has 6 nitrogen and oxygen atoms in total. The summed E-state index contributed by atoms with van der Waals surface area (Å²) in [6.45, 7) is 4.61. The highest BCUT2D eigenvalue weighted by molar-refractivity contribution is 6.39. The van der Waals surface area contributed by atoms with Crippen LogP contribution in [0.5, 0.6) is 11.5 Å². The maximum absolute atomic E-state index is 12.1. The molecule has 1 aliphatic rings. The lowest BCUT2D eigenvalue weighted by atomic mass is 10.1. The van der Waals surface area contributed by atoms with Gasteiger partial charge in [-0.3, -0.25) is 9.59 Å². The number of para-hydroxylation sites is 1. The number of carbonyl (C=O) groups is 2. The first-order valence-electron chi connectivity index (χ1n) is 8.66. The summed E-state index contributed by atoms with van der Waals surface area (Å²) < 4.78 is 11.4. The molecule has 2 aromatic carbocycles. The molecule has 0 fully saturated rings. The molecule has 0 saturated heterocycles. The minimum atomic E-state index is -0.708. The van der Waals surface area contributed by atoms with E-state index in [9.17, 15) is 9.59 Å². The molecule has 136 valence electrons. The van der Waals surface area contributed by atoms with Gasteiger partial charge in [0, 0.05) is 29.8 Å². The van der Waals surface area contributed by atoms with Gasteiger partial charge in [-0.25, -0.2) is 0 Å². The number of rotatable bonds is 5. The predicted molar refractivity (Wildman–Crippen MR) is 98.3 cm³/mol. The van der Waals surface area contributed by atoms with Crippen molar-refractivity contribution >= 4 is 17.5 Å². The lowest BCUT2D eigenvalue weighted by Gasteiger charge is -2.13. The Kier molecular flexibility index (Phi) is 5.41. The fourth-order valence-corrected chi connectivity index (χ4v) is 2.87. The lowest BCUT2D eigenvalue weighted by Crippen LogP contribution is -2.35. The van der Waals surface area contributed by atoms with Crippen LogP contribution in [0.25, 0.3) is 0 Å². The van der Waals surface area contributed by atoms with Gasteiger partial charge in [0.15, 0.2) is 0 Å². The van der Waals surface area contributed by atoms with Crippen LogP contribution in [0.3, 0.4) is 0 Å². The van der Waals surface area contributed by atoms with Crippen LogP contribution in [0.2, 0.25) is 0 Å². The summed E-state index contributed by atoms with van der Waals surface area (Å²) in [7, 11) is 0. The quantitative estimate of drug-likeness (QED) is 0.810. The van der Waals surface area contributed by atoms with E-state index in [4.69, 9.17) is 9.47 Å². The second kappa shape index (κ2) is 7.91. The number of nitrogens with one attached hydrogen (secondary N) is 2.